The number of nitrogens with zero attached hydrogens (tertiary/aromatic N) is 2. The summed E-state index contributed by atoms with van der Waals surface area (Å²) < 4.78 is 10.4. The molecule has 7 heteroatoms. The second-order valence-electron chi connectivity index (χ2n) is 7.42. The molecular formula is C20H34N4O3. The van der Waals surface area contributed by atoms with E-state index in [-0.39, 0.29) is 17.9 Å². The van der Waals surface area contributed by atoms with Gasteiger partial charge in [-0.05, 0) is 29.5 Å². The van der Waals surface area contributed by atoms with Crippen LogP contribution in [-0.2, 0) is 16.1 Å². The Morgan fingerprint density at radius 2 is 1.81 bits per heavy atom. The predicted octanol–water partition coefficient (Wildman–Crippen LogP) is 1.88. The maximum absolute atomic E-state index is 11.9. The number of guanidine groups is 1. The molecule has 0 bridgehead atoms. The Kier molecular flexibility index (Phi) is 9.64. The molecule has 0 atom stereocenters. The minimum absolute atomic E-state index is 0.00686. The van der Waals surface area contributed by atoms with E-state index in [2.05, 4.69) is 29.5 Å². The number of carbonyl (C=O) groups is 1. The van der Waals surface area contributed by atoms with Crippen LogP contribution < -0.4 is 15.4 Å². The maximum Gasteiger partial charge on any atom is 0.241 e. The Hall–Kier alpha value is -2.28. The maximum atomic E-state index is 11.9. The molecule has 1 aromatic carbocycles. The van der Waals surface area contributed by atoms with E-state index in [1.54, 1.807) is 33.2 Å². The van der Waals surface area contributed by atoms with Gasteiger partial charge in [0.05, 0.1) is 20.2 Å². The van der Waals surface area contributed by atoms with Crippen LogP contribution in [0, 0.1) is 5.41 Å². The summed E-state index contributed by atoms with van der Waals surface area (Å²) in [7, 11) is 6.82. The molecule has 0 saturated carbocycles. The Bertz CT molecular complexity index is 598. The molecule has 0 heterocycles. The van der Waals surface area contributed by atoms with Crippen molar-refractivity contribution in [3.05, 3.63) is 29.8 Å². The number of benzene rings is 1. The number of hydrogen-bond acceptors (Lipinski definition) is 4. The summed E-state index contributed by atoms with van der Waals surface area (Å²) in [6, 6.07) is 7.78. The number of amides is 1. The van der Waals surface area contributed by atoms with E-state index in [0.717, 1.165) is 24.3 Å². The molecule has 0 unspecified atom stereocenters. The smallest absolute Gasteiger partial charge is 0.241 e. The van der Waals surface area contributed by atoms with Gasteiger partial charge in [0.2, 0.25) is 5.91 Å². The van der Waals surface area contributed by atoms with Crippen molar-refractivity contribution in [2.45, 2.75) is 26.8 Å². The van der Waals surface area contributed by atoms with Crippen LogP contribution in [0.4, 0.5) is 0 Å². The Morgan fingerprint density at radius 3 is 2.37 bits per heavy atom. The highest BCUT2D eigenvalue weighted by Crippen LogP contribution is 2.18. The van der Waals surface area contributed by atoms with Crippen LogP contribution >= 0.6 is 0 Å². The summed E-state index contributed by atoms with van der Waals surface area (Å²) in [4.78, 5) is 18.1. The fourth-order valence-electron chi connectivity index (χ4n) is 2.18. The highest BCUT2D eigenvalue weighted by atomic mass is 16.5. The normalized spacial score (nSPS) is 11.9. The first kappa shape index (κ1) is 22.8. The van der Waals surface area contributed by atoms with Crippen LogP contribution in [0.3, 0.4) is 0 Å². The van der Waals surface area contributed by atoms with Crippen molar-refractivity contribution in [1.29, 1.82) is 0 Å². The number of ether oxygens (including phenoxy) is 2. The molecule has 0 radical (unpaired) electrons. The van der Waals surface area contributed by atoms with Crippen LogP contribution in [0.1, 0.15) is 25.8 Å². The molecule has 7 nitrogen and oxygen atoms in total. The third-order valence-electron chi connectivity index (χ3n) is 4.20. The average molecular weight is 379 g/mol. The van der Waals surface area contributed by atoms with Gasteiger partial charge in [-0.2, -0.15) is 0 Å². The Labute approximate surface area is 163 Å². The Morgan fingerprint density at radius 1 is 1.15 bits per heavy atom. The van der Waals surface area contributed by atoms with E-state index in [9.17, 15) is 4.79 Å². The van der Waals surface area contributed by atoms with Crippen LogP contribution in [0.5, 0.6) is 5.75 Å². The first-order valence-electron chi connectivity index (χ1n) is 9.11. The number of nitrogens with one attached hydrogen (secondary N) is 2. The summed E-state index contributed by atoms with van der Waals surface area (Å²) in [6.45, 7) is 6.48. The van der Waals surface area contributed by atoms with Crippen molar-refractivity contribution >= 4 is 11.9 Å². The molecule has 1 aromatic rings. The standard InChI is InChI=1S/C20H34N4O3/c1-20(2,11-12-26-5)15-23-19(22-14-18(25)24(3)4)21-13-16-7-9-17(27-6)10-8-16/h7-10H,11-15H2,1-6H3,(H2,21,22,23). The van der Waals surface area contributed by atoms with Crippen LogP contribution in [0.25, 0.3) is 0 Å². The molecule has 0 saturated heterocycles. The highest BCUT2D eigenvalue weighted by molar-refractivity contribution is 5.86. The highest BCUT2D eigenvalue weighted by Gasteiger charge is 2.18. The van der Waals surface area contributed by atoms with Crippen molar-refractivity contribution in [2.24, 2.45) is 10.4 Å². The minimum Gasteiger partial charge on any atom is -0.497 e. The van der Waals surface area contributed by atoms with Gasteiger partial charge in [-0.25, -0.2) is 4.99 Å². The molecule has 0 spiro atoms. The quantitative estimate of drug-likeness (QED) is 0.480. The lowest BCUT2D eigenvalue weighted by Crippen LogP contribution is -2.45. The van der Waals surface area contributed by atoms with E-state index in [1.165, 1.54) is 0 Å². The summed E-state index contributed by atoms with van der Waals surface area (Å²) in [5.41, 5.74) is 1.11. The largest absolute Gasteiger partial charge is 0.497 e. The zero-order valence-electron chi connectivity index (χ0n) is 17.5. The van der Waals surface area contributed by atoms with Crippen molar-refractivity contribution in [3.63, 3.8) is 0 Å². The van der Waals surface area contributed by atoms with E-state index in [4.69, 9.17) is 9.47 Å². The molecule has 0 fully saturated rings. The van der Waals surface area contributed by atoms with Gasteiger partial charge in [0.25, 0.3) is 0 Å². The summed E-state index contributed by atoms with van der Waals surface area (Å²) in [6.07, 6.45) is 0.929. The number of hydrogen-bond donors (Lipinski definition) is 2. The van der Waals surface area contributed by atoms with Gasteiger partial charge in [0.1, 0.15) is 5.75 Å². The Balaban J connectivity index is 2.74. The number of carbonyl (C=O) groups excluding carboxylic acids is 1. The van der Waals surface area contributed by atoms with Crippen molar-refractivity contribution in [1.82, 2.24) is 15.5 Å². The summed E-state index contributed by atoms with van der Waals surface area (Å²) in [5.74, 6) is 1.43. The fraction of sp³-hybridized carbons (Fsp3) is 0.600. The van der Waals surface area contributed by atoms with E-state index < -0.39 is 0 Å². The molecule has 0 aliphatic rings. The molecule has 152 valence electrons. The molecule has 1 amide bonds. The topological polar surface area (TPSA) is 75.2 Å². The van der Waals surface area contributed by atoms with Crippen LogP contribution in [0.2, 0.25) is 0 Å². The lowest BCUT2D eigenvalue weighted by molar-refractivity contribution is -0.127. The van der Waals surface area contributed by atoms with Crippen LogP contribution in [-0.4, -0.2) is 64.8 Å². The number of methoxy groups -OCH3 is 2. The van der Waals surface area contributed by atoms with E-state index in [1.807, 2.05) is 24.3 Å². The van der Waals surface area contributed by atoms with Crippen molar-refractivity contribution in [2.75, 3.05) is 48.0 Å². The third-order valence-corrected chi connectivity index (χ3v) is 4.20. The van der Waals surface area contributed by atoms with Gasteiger partial charge in [0.15, 0.2) is 5.96 Å². The lowest BCUT2D eigenvalue weighted by atomic mass is 9.90. The van der Waals surface area contributed by atoms with Crippen LogP contribution in [0.15, 0.2) is 29.3 Å². The molecule has 1 rings (SSSR count). The third kappa shape index (κ3) is 9.28. The van der Waals surface area contributed by atoms with E-state index >= 15 is 0 Å². The van der Waals surface area contributed by atoms with Gasteiger partial charge >= 0.3 is 0 Å². The monoisotopic (exact) mass is 378 g/mol. The zero-order chi connectivity index (χ0) is 20.3. The predicted molar refractivity (Wildman–Crippen MR) is 109 cm³/mol. The van der Waals surface area contributed by atoms with Crippen molar-refractivity contribution < 1.29 is 14.3 Å². The van der Waals surface area contributed by atoms with Gasteiger partial charge in [-0.1, -0.05) is 26.0 Å². The SMILES string of the molecule is COCCC(C)(C)CNC(=NCc1ccc(OC)cc1)NCC(=O)N(C)C. The first-order valence-corrected chi connectivity index (χ1v) is 9.11. The van der Waals surface area contributed by atoms with Gasteiger partial charge in [-0.3, -0.25) is 4.79 Å². The average Bonchev–Trinajstić information content (AvgIpc) is 2.65. The van der Waals surface area contributed by atoms with Gasteiger partial charge in [0, 0.05) is 34.4 Å². The number of aliphatic imine (C=N–C) groups is 1. The van der Waals surface area contributed by atoms with Gasteiger partial charge < -0.3 is 25.0 Å². The molecule has 0 aromatic heterocycles. The minimum atomic E-state index is -0.00686. The lowest BCUT2D eigenvalue weighted by Gasteiger charge is -2.26. The van der Waals surface area contributed by atoms with Crippen molar-refractivity contribution in [3.8, 4) is 5.75 Å². The molecule has 27 heavy (non-hydrogen) atoms. The second kappa shape index (κ2) is 11.4. The molecule has 2 N–H and O–H groups in total. The van der Waals surface area contributed by atoms with Gasteiger partial charge in [-0.15, -0.1) is 0 Å². The van der Waals surface area contributed by atoms with E-state index in [0.29, 0.717) is 19.1 Å². The number of rotatable bonds is 10. The molecular weight excluding hydrogens is 344 g/mol. The fourth-order valence-corrected chi connectivity index (χ4v) is 2.18. The molecule has 0 aliphatic carbocycles. The summed E-state index contributed by atoms with van der Waals surface area (Å²) in [5, 5.41) is 6.46. The summed E-state index contributed by atoms with van der Waals surface area (Å²) >= 11 is 0. The zero-order valence-corrected chi connectivity index (χ0v) is 17.5. The molecule has 0 aliphatic heterocycles. The first-order chi connectivity index (χ1) is 12.8. The second-order valence-corrected chi connectivity index (χ2v) is 7.42. The number of likely N-dealkylation sites (N-methyl/N-ethyl adjacent to an activating group) is 1.